The number of rotatable bonds is 8. The maximum Gasteiger partial charge on any atom is 0.257 e. The lowest BCUT2D eigenvalue weighted by molar-refractivity contribution is 0.121. The van der Waals surface area contributed by atoms with E-state index in [1.54, 1.807) is 6.20 Å². The Labute approximate surface area is 135 Å². The highest BCUT2D eigenvalue weighted by Gasteiger charge is 2.10. The van der Waals surface area contributed by atoms with Crippen molar-refractivity contribution in [3.63, 3.8) is 0 Å². The number of aryl methyl sites for hydroxylation is 1. The third-order valence-corrected chi connectivity index (χ3v) is 3.29. The molecule has 0 fully saturated rings. The van der Waals surface area contributed by atoms with Crippen molar-refractivity contribution in [2.24, 2.45) is 0 Å². The molecule has 0 saturated carbocycles. The van der Waals surface area contributed by atoms with Crippen LogP contribution in [0.5, 0.6) is 0 Å². The summed E-state index contributed by atoms with van der Waals surface area (Å²) in [5.41, 5.74) is 2.68. The summed E-state index contributed by atoms with van der Waals surface area (Å²) in [7, 11) is 0. The molecule has 0 atom stereocenters. The number of nitrogens with one attached hydrogen (secondary N) is 1. The summed E-state index contributed by atoms with van der Waals surface area (Å²) < 4.78 is 28.0. The molecule has 124 valence electrons. The van der Waals surface area contributed by atoms with Gasteiger partial charge in [0.1, 0.15) is 6.54 Å². The van der Waals surface area contributed by atoms with E-state index in [0.29, 0.717) is 13.1 Å². The predicted molar refractivity (Wildman–Crippen MR) is 83.3 cm³/mol. The Hall–Kier alpha value is -1.47. The fraction of sp³-hybridized carbons (Fsp3) is 0.571. The van der Waals surface area contributed by atoms with Gasteiger partial charge in [0.2, 0.25) is 0 Å². The molecule has 0 bridgehead atoms. The van der Waals surface area contributed by atoms with Gasteiger partial charge < -0.3 is 5.32 Å². The number of hydrogen-bond donors (Lipinski definition) is 1. The monoisotopic (exact) mass is 333 g/mol. The minimum Gasteiger partial charge on any atom is -0.307 e. The molecule has 0 spiro atoms. The molecule has 2 heterocycles. The van der Waals surface area contributed by atoms with Gasteiger partial charge in [0.15, 0.2) is 0 Å². The molecule has 0 radical (unpaired) electrons. The van der Waals surface area contributed by atoms with Crippen molar-refractivity contribution in [1.82, 2.24) is 24.9 Å². The average molecular weight is 334 g/mol. The van der Waals surface area contributed by atoms with E-state index in [9.17, 15) is 8.78 Å². The molecule has 2 aromatic rings. The number of alkyl halides is 2. The number of nitrogens with zero attached hydrogens (tertiary/aromatic N) is 4. The van der Waals surface area contributed by atoms with Gasteiger partial charge in [-0.25, -0.2) is 8.78 Å². The molecule has 0 aliphatic carbocycles. The molecule has 1 N–H and O–H groups in total. The molecule has 22 heavy (non-hydrogen) atoms. The van der Waals surface area contributed by atoms with Gasteiger partial charge in [-0.15, -0.1) is 12.4 Å². The summed E-state index contributed by atoms with van der Waals surface area (Å²) in [5.74, 6) is 0. The van der Waals surface area contributed by atoms with Crippen LogP contribution in [-0.4, -0.2) is 26.0 Å². The Morgan fingerprint density at radius 2 is 2.09 bits per heavy atom. The number of aromatic nitrogens is 4. The molecular weight excluding hydrogens is 312 g/mol. The molecule has 0 unspecified atom stereocenters. The first kappa shape index (κ1) is 18.6. The first-order chi connectivity index (χ1) is 10.1. The summed E-state index contributed by atoms with van der Waals surface area (Å²) in [6, 6.07) is 1.98. The second-order valence-corrected chi connectivity index (χ2v) is 5.00. The summed E-state index contributed by atoms with van der Waals surface area (Å²) in [5, 5.41) is 11.7. The Kier molecular flexibility index (Phi) is 7.47. The van der Waals surface area contributed by atoms with Crippen LogP contribution in [0, 0.1) is 6.92 Å². The van der Waals surface area contributed by atoms with Crippen LogP contribution in [0.2, 0.25) is 0 Å². The van der Waals surface area contributed by atoms with Crippen LogP contribution in [0.1, 0.15) is 30.3 Å². The zero-order valence-electron chi connectivity index (χ0n) is 12.8. The highest BCUT2D eigenvalue weighted by Crippen LogP contribution is 2.09. The van der Waals surface area contributed by atoms with Crippen LogP contribution in [-0.2, 0) is 26.2 Å². The SMILES string of the molecule is CCCn1ccc(CNCc2cnn(CC(F)F)c2C)n1.Cl. The van der Waals surface area contributed by atoms with E-state index < -0.39 is 6.43 Å². The average Bonchev–Trinajstić information content (AvgIpc) is 3.00. The van der Waals surface area contributed by atoms with Crippen LogP contribution in [0.3, 0.4) is 0 Å². The molecule has 0 aliphatic heterocycles. The first-order valence-electron chi connectivity index (χ1n) is 7.12. The Morgan fingerprint density at radius 3 is 2.77 bits per heavy atom. The standard InChI is InChI=1S/C14H21F2N5.ClH/c1-3-5-20-6-4-13(19-20)9-17-7-12-8-18-21(11(12)2)10-14(15)16;/h4,6,8,14,17H,3,5,7,9-10H2,1-2H3;1H. The smallest absolute Gasteiger partial charge is 0.257 e. The zero-order chi connectivity index (χ0) is 15.2. The Morgan fingerprint density at radius 1 is 1.32 bits per heavy atom. The second kappa shape index (κ2) is 8.85. The van der Waals surface area contributed by atoms with Crippen LogP contribution in [0.15, 0.2) is 18.5 Å². The van der Waals surface area contributed by atoms with E-state index in [1.165, 1.54) is 4.68 Å². The summed E-state index contributed by atoms with van der Waals surface area (Å²) in [4.78, 5) is 0. The highest BCUT2D eigenvalue weighted by molar-refractivity contribution is 5.85. The van der Waals surface area contributed by atoms with Gasteiger partial charge in [0.25, 0.3) is 6.43 Å². The lowest BCUT2D eigenvalue weighted by Gasteiger charge is -2.05. The molecular formula is C14H22ClF2N5. The number of hydrogen-bond acceptors (Lipinski definition) is 3. The second-order valence-electron chi connectivity index (χ2n) is 5.00. The molecule has 5 nitrogen and oxygen atoms in total. The van der Waals surface area contributed by atoms with E-state index in [1.807, 2.05) is 23.9 Å². The molecule has 0 amide bonds. The van der Waals surface area contributed by atoms with Gasteiger partial charge in [-0.2, -0.15) is 10.2 Å². The van der Waals surface area contributed by atoms with E-state index in [0.717, 1.165) is 29.9 Å². The van der Waals surface area contributed by atoms with Crippen molar-refractivity contribution in [3.8, 4) is 0 Å². The molecule has 2 rings (SSSR count). The maximum absolute atomic E-state index is 12.4. The zero-order valence-corrected chi connectivity index (χ0v) is 13.6. The molecule has 0 aliphatic rings. The predicted octanol–water partition coefficient (Wildman–Crippen LogP) is 2.77. The third-order valence-electron chi connectivity index (χ3n) is 3.29. The fourth-order valence-corrected chi connectivity index (χ4v) is 2.15. The molecule has 2 aromatic heterocycles. The highest BCUT2D eigenvalue weighted by atomic mass is 35.5. The van der Waals surface area contributed by atoms with E-state index in [4.69, 9.17) is 0 Å². The van der Waals surface area contributed by atoms with Crippen molar-refractivity contribution < 1.29 is 8.78 Å². The van der Waals surface area contributed by atoms with Gasteiger partial charge in [0, 0.05) is 37.1 Å². The van der Waals surface area contributed by atoms with Crippen molar-refractivity contribution >= 4 is 12.4 Å². The summed E-state index contributed by atoms with van der Waals surface area (Å²) in [6.45, 7) is 5.72. The minimum atomic E-state index is -2.38. The fourth-order valence-electron chi connectivity index (χ4n) is 2.15. The summed E-state index contributed by atoms with van der Waals surface area (Å²) >= 11 is 0. The van der Waals surface area contributed by atoms with Crippen LogP contribution >= 0.6 is 12.4 Å². The van der Waals surface area contributed by atoms with Crippen molar-refractivity contribution in [1.29, 1.82) is 0 Å². The lowest BCUT2D eigenvalue weighted by atomic mass is 10.2. The van der Waals surface area contributed by atoms with E-state index in [-0.39, 0.29) is 19.0 Å². The normalized spacial score (nSPS) is 11.0. The topological polar surface area (TPSA) is 47.7 Å². The Bertz CT molecular complexity index is 567. The van der Waals surface area contributed by atoms with Crippen molar-refractivity contribution in [3.05, 3.63) is 35.4 Å². The van der Waals surface area contributed by atoms with Gasteiger partial charge in [-0.1, -0.05) is 6.92 Å². The quantitative estimate of drug-likeness (QED) is 0.808. The molecule has 0 saturated heterocycles. The first-order valence-corrected chi connectivity index (χ1v) is 7.12. The van der Waals surface area contributed by atoms with Crippen LogP contribution in [0.25, 0.3) is 0 Å². The van der Waals surface area contributed by atoms with Crippen LogP contribution < -0.4 is 5.32 Å². The largest absolute Gasteiger partial charge is 0.307 e. The minimum absolute atomic E-state index is 0. The number of halogens is 3. The van der Waals surface area contributed by atoms with Gasteiger partial charge in [0.05, 0.1) is 11.9 Å². The van der Waals surface area contributed by atoms with Gasteiger partial charge in [-0.3, -0.25) is 9.36 Å². The summed E-state index contributed by atoms with van der Waals surface area (Å²) in [6.07, 6.45) is 2.27. The van der Waals surface area contributed by atoms with E-state index >= 15 is 0 Å². The van der Waals surface area contributed by atoms with Crippen molar-refractivity contribution in [2.45, 2.75) is 52.9 Å². The molecule has 8 heteroatoms. The van der Waals surface area contributed by atoms with Crippen molar-refractivity contribution in [2.75, 3.05) is 0 Å². The van der Waals surface area contributed by atoms with E-state index in [2.05, 4.69) is 22.4 Å². The van der Waals surface area contributed by atoms with Gasteiger partial charge >= 0.3 is 0 Å². The molecule has 0 aromatic carbocycles. The van der Waals surface area contributed by atoms with Crippen LogP contribution in [0.4, 0.5) is 8.78 Å². The Balaban J connectivity index is 0.00000242. The lowest BCUT2D eigenvalue weighted by Crippen LogP contribution is -2.15. The van der Waals surface area contributed by atoms with Gasteiger partial charge in [-0.05, 0) is 19.4 Å². The third kappa shape index (κ3) is 5.06. The maximum atomic E-state index is 12.4.